The molecule has 0 saturated carbocycles. The van der Waals surface area contributed by atoms with E-state index in [4.69, 9.17) is 0 Å². The second kappa shape index (κ2) is 5.06. The Morgan fingerprint density at radius 1 is 1.37 bits per heavy atom. The van der Waals surface area contributed by atoms with Crippen LogP contribution in [0.1, 0.15) is 26.7 Å². The summed E-state index contributed by atoms with van der Waals surface area (Å²) in [6.07, 6.45) is 0.601. The van der Waals surface area contributed by atoms with Gasteiger partial charge in [-0.1, -0.05) is 13.8 Å². The summed E-state index contributed by atoms with van der Waals surface area (Å²) in [5.74, 6) is -0.301. The SMILES string of the molecule is CC(C)COS(=O)(=O)ON1C(=O)N2C[C@H]1CCC2=O. The minimum atomic E-state index is -4.28. The van der Waals surface area contributed by atoms with Gasteiger partial charge in [-0.2, -0.15) is 13.5 Å². The molecule has 0 aromatic carbocycles. The van der Waals surface area contributed by atoms with E-state index >= 15 is 0 Å². The fraction of sp³-hybridized carbons (Fsp3) is 0.800. The van der Waals surface area contributed by atoms with E-state index in [1.807, 2.05) is 0 Å². The molecule has 0 N–H and O–H groups in total. The van der Waals surface area contributed by atoms with Crippen molar-refractivity contribution in [1.82, 2.24) is 9.96 Å². The third kappa shape index (κ3) is 3.04. The summed E-state index contributed by atoms with van der Waals surface area (Å²) in [4.78, 5) is 24.2. The van der Waals surface area contributed by atoms with E-state index < -0.39 is 22.5 Å². The van der Waals surface area contributed by atoms with Crippen molar-refractivity contribution in [3.05, 3.63) is 0 Å². The Morgan fingerprint density at radius 3 is 2.63 bits per heavy atom. The fourth-order valence-electron chi connectivity index (χ4n) is 1.91. The number of imide groups is 1. The molecular formula is C10H16N2O6S. The van der Waals surface area contributed by atoms with E-state index in [9.17, 15) is 18.0 Å². The molecule has 0 spiro atoms. The third-order valence-electron chi connectivity index (χ3n) is 2.85. The molecule has 8 nitrogen and oxygen atoms in total. The zero-order valence-electron chi connectivity index (χ0n) is 10.7. The summed E-state index contributed by atoms with van der Waals surface area (Å²) in [6, 6.07) is -1.17. The van der Waals surface area contributed by atoms with Crippen molar-refractivity contribution in [2.24, 2.45) is 5.92 Å². The highest BCUT2D eigenvalue weighted by molar-refractivity contribution is 7.81. The number of hydroxylamine groups is 2. The summed E-state index contributed by atoms with van der Waals surface area (Å²) in [6.45, 7) is 3.71. The van der Waals surface area contributed by atoms with Crippen molar-refractivity contribution in [2.75, 3.05) is 13.2 Å². The van der Waals surface area contributed by atoms with E-state index in [-0.39, 0.29) is 31.4 Å². The molecule has 2 bridgehead atoms. The lowest BCUT2D eigenvalue weighted by Crippen LogP contribution is -2.36. The average Bonchev–Trinajstić information content (AvgIpc) is 2.57. The van der Waals surface area contributed by atoms with Gasteiger partial charge in [-0.05, 0) is 12.3 Å². The molecular weight excluding hydrogens is 276 g/mol. The van der Waals surface area contributed by atoms with Gasteiger partial charge in [0.25, 0.3) is 0 Å². The first-order valence-electron chi connectivity index (χ1n) is 6.02. The summed E-state index contributed by atoms with van der Waals surface area (Å²) in [5.41, 5.74) is 0. The highest BCUT2D eigenvalue weighted by Gasteiger charge is 2.47. The maximum absolute atomic E-state index is 11.8. The molecule has 0 unspecified atom stereocenters. The van der Waals surface area contributed by atoms with Gasteiger partial charge >= 0.3 is 16.4 Å². The fourth-order valence-corrected chi connectivity index (χ4v) is 2.78. The smallest absolute Gasteiger partial charge is 0.274 e. The molecule has 0 aromatic rings. The molecule has 0 aliphatic carbocycles. The second-order valence-electron chi connectivity index (χ2n) is 4.97. The van der Waals surface area contributed by atoms with Crippen LogP contribution in [0, 0.1) is 5.92 Å². The van der Waals surface area contributed by atoms with Gasteiger partial charge in [-0.3, -0.25) is 9.69 Å². The van der Waals surface area contributed by atoms with E-state index in [2.05, 4.69) is 8.47 Å². The molecule has 0 aromatic heterocycles. The Morgan fingerprint density at radius 2 is 2.05 bits per heavy atom. The molecule has 3 amide bonds. The van der Waals surface area contributed by atoms with Crippen LogP contribution in [0.5, 0.6) is 0 Å². The minimum absolute atomic E-state index is 0.0113. The van der Waals surface area contributed by atoms with Gasteiger partial charge in [0.15, 0.2) is 0 Å². The lowest BCUT2D eigenvalue weighted by Gasteiger charge is -2.20. The highest BCUT2D eigenvalue weighted by atomic mass is 32.3. The van der Waals surface area contributed by atoms with Crippen LogP contribution in [0.2, 0.25) is 0 Å². The zero-order valence-corrected chi connectivity index (χ0v) is 11.6. The maximum atomic E-state index is 11.8. The number of carbonyl (C=O) groups excluding carboxylic acids is 2. The third-order valence-corrected chi connectivity index (χ3v) is 3.62. The van der Waals surface area contributed by atoms with Gasteiger partial charge in [0.1, 0.15) is 0 Å². The van der Waals surface area contributed by atoms with E-state index in [0.29, 0.717) is 6.42 Å². The Bertz CT molecular complexity index is 488. The van der Waals surface area contributed by atoms with Crippen LogP contribution in [0.25, 0.3) is 0 Å². The summed E-state index contributed by atoms with van der Waals surface area (Å²) >= 11 is 0. The van der Waals surface area contributed by atoms with Crippen molar-refractivity contribution in [3.63, 3.8) is 0 Å². The van der Waals surface area contributed by atoms with Gasteiger partial charge in [0.05, 0.1) is 19.2 Å². The topological polar surface area (TPSA) is 93.2 Å². The van der Waals surface area contributed by atoms with E-state index in [1.54, 1.807) is 13.8 Å². The normalized spacial score (nSPS) is 23.6. The van der Waals surface area contributed by atoms with Crippen LogP contribution in [0.3, 0.4) is 0 Å². The van der Waals surface area contributed by atoms with Crippen LogP contribution in [0.15, 0.2) is 0 Å². The number of piperidine rings is 1. The van der Waals surface area contributed by atoms with Crippen LogP contribution in [0.4, 0.5) is 4.79 Å². The maximum Gasteiger partial charge on any atom is 0.421 e. The van der Waals surface area contributed by atoms with Crippen molar-refractivity contribution >= 4 is 22.3 Å². The Kier molecular flexibility index (Phi) is 3.79. The number of nitrogens with zero attached hydrogens (tertiary/aromatic N) is 2. The van der Waals surface area contributed by atoms with Gasteiger partial charge in [-0.15, -0.1) is 4.28 Å². The number of amides is 3. The molecule has 2 fully saturated rings. The molecule has 2 saturated heterocycles. The Hall–Kier alpha value is -1.19. The first kappa shape index (κ1) is 14.2. The number of carbonyl (C=O) groups is 2. The molecule has 108 valence electrons. The largest absolute Gasteiger partial charge is 0.421 e. The summed E-state index contributed by atoms with van der Waals surface area (Å²) in [7, 11) is -4.28. The first-order chi connectivity index (χ1) is 8.80. The quantitative estimate of drug-likeness (QED) is 0.721. The van der Waals surface area contributed by atoms with Crippen molar-refractivity contribution < 1.29 is 26.5 Å². The van der Waals surface area contributed by atoms with Crippen molar-refractivity contribution in [2.45, 2.75) is 32.7 Å². The van der Waals surface area contributed by atoms with Crippen LogP contribution < -0.4 is 0 Å². The van der Waals surface area contributed by atoms with Crippen LogP contribution in [-0.2, 0) is 23.7 Å². The van der Waals surface area contributed by atoms with Crippen LogP contribution >= 0.6 is 0 Å². The number of hydrogen-bond donors (Lipinski definition) is 0. The molecule has 19 heavy (non-hydrogen) atoms. The molecule has 0 radical (unpaired) electrons. The minimum Gasteiger partial charge on any atom is -0.274 e. The lowest BCUT2D eigenvalue weighted by atomic mass is 10.1. The summed E-state index contributed by atoms with van der Waals surface area (Å²) in [5, 5.41) is 0.723. The molecule has 2 aliphatic heterocycles. The predicted octanol–water partition coefficient (Wildman–Crippen LogP) is 0.262. The number of rotatable bonds is 5. The van der Waals surface area contributed by atoms with Crippen molar-refractivity contribution in [3.8, 4) is 0 Å². The Labute approximate surface area is 111 Å². The molecule has 2 aliphatic rings. The summed E-state index contributed by atoms with van der Waals surface area (Å²) < 4.78 is 32.4. The predicted molar refractivity (Wildman–Crippen MR) is 62.8 cm³/mol. The number of urea groups is 1. The van der Waals surface area contributed by atoms with Crippen molar-refractivity contribution in [1.29, 1.82) is 0 Å². The molecule has 2 rings (SSSR count). The van der Waals surface area contributed by atoms with Gasteiger partial charge in [0, 0.05) is 6.42 Å². The molecule has 2 heterocycles. The second-order valence-corrected chi connectivity index (χ2v) is 6.17. The van der Waals surface area contributed by atoms with Gasteiger partial charge in [0.2, 0.25) is 5.91 Å². The standard InChI is InChI=1S/C10H16N2O6S/c1-7(2)6-17-19(15,16)18-12-8-3-4-9(13)11(5-8)10(12)14/h7-8H,3-6H2,1-2H3/t8-/m1/s1. The average molecular weight is 292 g/mol. The zero-order chi connectivity index (χ0) is 14.2. The molecule has 9 heteroatoms. The highest BCUT2D eigenvalue weighted by Crippen LogP contribution is 2.27. The first-order valence-corrected chi connectivity index (χ1v) is 7.36. The Balaban J connectivity index is 2.03. The van der Waals surface area contributed by atoms with Gasteiger partial charge < -0.3 is 0 Å². The monoisotopic (exact) mass is 292 g/mol. The van der Waals surface area contributed by atoms with E-state index in [1.165, 1.54) is 0 Å². The number of hydrogen-bond acceptors (Lipinski definition) is 6. The molecule has 1 atom stereocenters. The van der Waals surface area contributed by atoms with E-state index in [0.717, 1.165) is 9.96 Å². The van der Waals surface area contributed by atoms with Gasteiger partial charge in [-0.25, -0.2) is 8.98 Å². The van der Waals surface area contributed by atoms with Crippen LogP contribution in [-0.4, -0.2) is 49.5 Å². The lowest BCUT2D eigenvalue weighted by molar-refractivity contribution is -0.129. The number of fused-ring (bicyclic) bond motifs is 2.